The maximum atomic E-state index is 10.5. The Morgan fingerprint density at radius 3 is 1.89 bits per heavy atom. The predicted molar refractivity (Wildman–Crippen MR) is 40.6 cm³/mol. The lowest BCUT2D eigenvalue weighted by atomic mass is 10.1. The minimum Gasteiger partial charge on any atom is -0.468 e. The van der Waals surface area contributed by atoms with E-state index in [1.54, 1.807) is 13.8 Å². The van der Waals surface area contributed by atoms with Gasteiger partial charge in [0.15, 0.2) is 0 Å². The van der Waals surface area contributed by atoms with Crippen molar-refractivity contribution in [3.63, 3.8) is 0 Å². The smallest absolute Gasteiger partial charge is 0.325 e. The summed E-state index contributed by atoms with van der Waals surface area (Å²) in [6.07, 6.45) is 0. The minimum atomic E-state index is -0.852. The number of methoxy groups -OCH3 is 1. The molecule has 0 spiro atoms. The second kappa shape index (κ2) is 3.85. The summed E-state index contributed by atoms with van der Waals surface area (Å²) in [4.78, 5) is 10.5. The van der Waals surface area contributed by atoms with Crippen molar-refractivity contribution in [3.8, 4) is 0 Å². The summed E-state index contributed by atoms with van der Waals surface area (Å²) in [7, 11) is 1.32. The standard InChI is InChI=1S/C5H11NO2.BrH/c1-5(2,6)4(7)8-3;/h6H2,1-3H3;1H. The van der Waals surface area contributed by atoms with E-state index in [1.807, 2.05) is 0 Å². The summed E-state index contributed by atoms with van der Waals surface area (Å²) in [5.74, 6) is -0.391. The van der Waals surface area contributed by atoms with Gasteiger partial charge in [0.05, 0.1) is 7.11 Å². The van der Waals surface area contributed by atoms with Gasteiger partial charge in [-0.2, -0.15) is 0 Å². The van der Waals surface area contributed by atoms with E-state index >= 15 is 0 Å². The van der Waals surface area contributed by atoms with Gasteiger partial charge in [-0.1, -0.05) is 0 Å². The molecular formula is C5H12BrNO2. The Bertz CT molecular complexity index is 97.6. The third kappa shape index (κ3) is 4.42. The molecule has 0 fully saturated rings. The second-order valence-electron chi connectivity index (χ2n) is 2.21. The van der Waals surface area contributed by atoms with Gasteiger partial charge in [-0.15, -0.1) is 17.0 Å². The highest BCUT2D eigenvalue weighted by Crippen LogP contribution is 1.97. The third-order valence-corrected chi connectivity index (χ3v) is 0.711. The van der Waals surface area contributed by atoms with E-state index < -0.39 is 11.5 Å². The average Bonchev–Trinajstić information content (AvgIpc) is 1.62. The Balaban J connectivity index is 0. The van der Waals surface area contributed by atoms with Gasteiger partial charge in [0.1, 0.15) is 5.54 Å². The van der Waals surface area contributed by atoms with Gasteiger partial charge in [-0.25, -0.2) is 0 Å². The molecule has 0 aliphatic carbocycles. The topological polar surface area (TPSA) is 52.3 Å². The summed E-state index contributed by atoms with van der Waals surface area (Å²) >= 11 is 0. The highest BCUT2D eigenvalue weighted by atomic mass is 79.9. The molecule has 0 radical (unpaired) electrons. The van der Waals surface area contributed by atoms with Crippen LogP contribution in [0.2, 0.25) is 0 Å². The largest absolute Gasteiger partial charge is 0.468 e. The average molecular weight is 198 g/mol. The van der Waals surface area contributed by atoms with Crippen LogP contribution in [0.4, 0.5) is 0 Å². The van der Waals surface area contributed by atoms with E-state index in [-0.39, 0.29) is 17.0 Å². The quantitative estimate of drug-likeness (QED) is 0.623. The highest BCUT2D eigenvalue weighted by Gasteiger charge is 2.21. The van der Waals surface area contributed by atoms with E-state index in [2.05, 4.69) is 4.74 Å². The van der Waals surface area contributed by atoms with Crippen LogP contribution < -0.4 is 5.73 Å². The van der Waals surface area contributed by atoms with E-state index in [0.29, 0.717) is 0 Å². The summed E-state index contributed by atoms with van der Waals surface area (Å²) in [6.45, 7) is 3.19. The lowest BCUT2D eigenvalue weighted by molar-refractivity contribution is -0.145. The Hall–Kier alpha value is -0.0900. The van der Waals surface area contributed by atoms with Crippen LogP contribution in [-0.2, 0) is 9.53 Å². The maximum absolute atomic E-state index is 10.5. The van der Waals surface area contributed by atoms with Crippen molar-refractivity contribution >= 4 is 23.0 Å². The monoisotopic (exact) mass is 197 g/mol. The minimum absolute atomic E-state index is 0. The van der Waals surface area contributed by atoms with E-state index in [9.17, 15) is 4.79 Å². The predicted octanol–water partition coefficient (Wildman–Crippen LogP) is 0.475. The third-order valence-electron chi connectivity index (χ3n) is 0.711. The number of carbonyl (C=O) groups is 1. The van der Waals surface area contributed by atoms with Gasteiger partial charge in [0, 0.05) is 0 Å². The fourth-order valence-electron chi connectivity index (χ4n) is 0.263. The molecule has 0 heterocycles. The van der Waals surface area contributed by atoms with Gasteiger partial charge >= 0.3 is 5.97 Å². The van der Waals surface area contributed by atoms with Crippen LogP contribution in [0, 0.1) is 0 Å². The van der Waals surface area contributed by atoms with Crippen molar-refractivity contribution in [3.05, 3.63) is 0 Å². The van der Waals surface area contributed by atoms with Crippen molar-refractivity contribution in [1.82, 2.24) is 0 Å². The number of halogens is 1. The molecule has 0 aromatic heterocycles. The Morgan fingerprint density at radius 1 is 1.56 bits per heavy atom. The molecule has 0 saturated heterocycles. The van der Waals surface area contributed by atoms with E-state index in [4.69, 9.17) is 5.73 Å². The molecule has 0 aromatic rings. The normalized spacial score (nSPS) is 9.78. The van der Waals surface area contributed by atoms with Crippen LogP contribution in [0.3, 0.4) is 0 Å². The summed E-state index contributed by atoms with van der Waals surface area (Å²) in [5.41, 5.74) is 4.46. The van der Waals surface area contributed by atoms with Crippen LogP contribution in [0.25, 0.3) is 0 Å². The van der Waals surface area contributed by atoms with Gasteiger partial charge in [-0.05, 0) is 13.8 Å². The van der Waals surface area contributed by atoms with Gasteiger partial charge < -0.3 is 10.5 Å². The first-order chi connectivity index (χ1) is 3.48. The molecule has 0 bridgehead atoms. The van der Waals surface area contributed by atoms with Crippen LogP contribution in [-0.4, -0.2) is 18.6 Å². The molecule has 0 unspecified atom stereocenters. The van der Waals surface area contributed by atoms with Crippen LogP contribution >= 0.6 is 17.0 Å². The zero-order chi connectivity index (χ0) is 6.78. The Morgan fingerprint density at radius 2 is 1.89 bits per heavy atom. The number of nitrogens with two attached hydrogens (primary N) is 1. The molecule has 56 valence electrons. The first-order valence-electron chi connectivity index (χ1n) is 2.36. The lowest BCUT2D eigenvalue weighted by Gasteiger charge is -2.13. The maximum Gasteiger partial charge on any atom is 0.325 e. The van der Waals surface area contributed by atoms with Crippen LogP contribution in [0.5, 0.6) is 0 Å². The molecular weight excluding hydrogens is 186 g/mol. The molecule has 4 heteroatoms. The first kappa shape index (κ1) is 11.7. The molecule has 9 heavy (non-hydrogen) atoms. The van der Waals surface area contributed by atoms with E-state index in [0.717, 1.165) is 0 Å². The molecule has 0 aliphatic rings. The molecule has 0 saturated carbocycles. The summed E-state index contributed by atoms with van der Waals surface area (Å²) in [5, 5.41) is 0. The number of hydrogen-bond donors (Lipinski definition) is 1. The molecule has 2 N–H and O–H groups in total. The second-order valence-corrected chi connectivity index (χ2v) is 2.21. The summed E-state index contributed by atoms with van der Waals surface area (Å²) < 4.78 is 4.35. The van der Waals surface area contributed by atoms with Crippen molar-refractivity contribution in [2.75, 3.05) is 7.11 Å². The first-order valence-corrected chi connectivity index (χ1v) is 2.36. The Labute approximate surface area is 65.3 Å². The zero-order valence-corrected chi connectivity index (χ0v) is 7.52. The number of rotatable bonds is 1. The molecule has 0 amide bonds. The van der Waals surface area contributed by atoms with Gasteiger partial charge in [0.25, 0.3) is 0 Å². The van der Waals surface area contributed by atoms with Crippen molar-refractivity contribution in [2.45, 2.75) is 19.4 Å². The number of esters is 1. The van der Waals surface area contributed by atoms with Crippen molar-refractivity contribution in [1.29, 1.82) is 0 Å². The molecule has 0 atom stereocenters. The number of hydrogen-bond acceptors (Lipinski definition) is 3. The van der Waals surface area contributed by atoms with E-state index in [1.165, 1.54) is 7.11 Å². The molecule has 0 aliphatic heterocycles. The number of ether oxygens (including phenoxy) is 1. The Kier molecular flexibility index (Phi) is 4.99. The van der Waals surface area contributed by atoms with Gasteiger partial charge in [-0.3, -0.25) is 4.79 Å². The van der Waals surface area contributed by atoms with Gasteiger partial charge in [0.2, 0.25) is 0 Å². The SMILES string of the molecule is Br.COC(=O)C(C)(C)N. The summed E-state index contributed by atoms with van der Waals surface area (Å²) in [6, 6.07) is 0. The molecule has 0 rings (SSSR count). The fraction of sp³-hybridized carbons (Fsp3) is 0.800. The van der Waals surface area contributed by atoms with Crippen molar-refractivity contribution < 1.29 is 9.53 Å². The van der Waals surface area contributed by atoms with Crippen LogP contribution in [0.15, 0.2) is 0 Å². The molecule has 0 aromatic carbocycles. The highest BCUT2D eigenvalue weighted by molar-refractivity contribution is 8.93. The fourth-order valence-corrected chi connectivity index (χ4v) is 0.263. The van der Waals surface area contributed by atoms with Crippen molar-refractivity contribution in [2.24, 2.45) is 5.73 Å². The van der Waals surface area contributed by atoms with Crippen LogP contribution in [0.1, 0.15) is 13.8 Å². The molecule has 3 nitrogen and oxygen atoms in total. The lowest BCUT2D eigenvalue weighted by Crippen LogP contribution is -2.42. The zero-order valence-electron chi connectivity index (χ0n) is 5.80. The number of carbonyl (C=O) groups excluding carboxylic acids is 1.